The third kappa shape index (κ3) is 0.336. The first-order valence-corrected chi connectivity index (χ1v) is 6.51. The van der Waals surface area contributed by atoms with Crippen LogP contribution in [-0.2, 0) is 4.74 Å². The second-order valence-electron chi connectivity index (χ2n) is 6.32. The van der Waals surface area contributed by atoms with Crippen LogP contribution in [-0.4, -0.2) is 10.1 Å². The molecule has 14 heavy (non-hydrogen) atoms. The van der Waals surface area contributed by atoms with Crippen LogP contribution in [0.25, 0.3) is 0 Å². The molecule has 0 aromatic rings. The fourth-order valence-corrected chi connectivity index (χ4v) is 8.35. The minimum Gasteiger partial charge on any atom is -0.337 e. The maximum absolute atomic E-state index is 6.71. The van der Waals surface area contributed by atoms with Crippen LogP contribution < -0.4 is 0 Å². The summed E-state index contributed by atoms with van der Waals surface area (Å²) in [6.07, 6.45) is 1.42. The number of ether oxygens (including phenoxy) is 1. The van der Waals surface area contributed by atoms with Crippen LogP contribution in [0.2, 0.25) is 0 Å². The second-order valence-corrected chi connectivity index (χ2v) is 7.50. The van der Waals surface area contributed by atoms with Gasteiger partial charge in [0.25, 0.3) is 0 Å². The summed E-state index contributed by atoms with van der Waals surface area (Å²) >= 11 is 13.4. The van der Waals surface area contributed by atoms with Gasteiger partial charge in [0, 0.05) is 23.7 Å². The molecule has 0 aromatic heterocycles. The monoisotopic (exact) mass is 228 g/mol. The van der Waals surface area contributed by atoms with Crippen LogP contribution in [0.4, 0.5) is 0 Å². The van der Waals surface area contributed by atoms with Gasteiger partial charge in [-0.2, -0.15) is 0 Å². The van der Waals surface area contributed by atoms with Gasteiger partial charge in [0.2, 0.25) is 0 Å². The maximum atomic E-state index is 6.71. The van der Waals surface area contributed by atoms with Gasteiger partial charge < -0.3 is 4.74 Å². The molecule has 1 nitrogen and oxygen atoms in total. The van der Waals surface area contributed by atoms with Gasteiger partial charge in [-0.25, -0.2) is 0 Å². The van der Waals surface area contributed by atoms with Crippen LogP contribution in [0.1, 0.15) is 6.42 Å². The van der Waals surface area contributed by atoms with E-state index in [1.807, 2.05) is 0 Å². The van der Waals surface area contributed by atoms with Crippen molar-refractivity contribution in [2.45, 2.75) is 16.5 Å². The molecule has 7 rings (SSSR count). The number of rotatable bonds is 0. The van der Waals surface area contributed by atoms with Crippen molar-refractivity contribution in [2.24, 2.45) is 47.3 Å². The van der Waals surface area contributed by atoms with E-state index in [-0.39, 0.29) is 10.1 Å². The normalized spacial score (nSPS) is 93.0. The summed E-state index contributed by atoms with van der Waals surface area (Å²) in [4.78, 5) is 0. The smallest absolute Gasteiger partial charge is 0.151 e. The molecule has 7 fully saturated rings. The molecule has 5 saturated carbocycles. The van der Waals surface area contributed by atoms with Gasteiger partial charge >= 0.3 is 0 Å². The molecule has 3 heteroatoms. The van der Waals surface area contributed by atoms with Crippen molar-refractivity contribution in [3.05, 3.63) is 0 Å². The molecule has 0 radical (unpaired) electrons. The van der Waals surface area contributed by atoms with Crippen molar-refractivity contribution in [3.8, 4) is 0 Å². The first kappa shape index (κ1) is 6.98. The summed E-state index contributed by atoms with van der Waals surface area (Å²) in [5, 5.41) is -0.623. The highest BCUT2D eigenvalue weighted by Gasteiger charge is 2.97. The highest BCUT2D eigenvalue weighted by molar-refractivity contribution is 6.29. The Balaban J connectivity index is 1.83. The molecule has 10 atom stereocenters. The minimum absolute atomic E-state index is 0.311. The average Bonchev–Trinajstić information content (AvgIpc) is 2.60. The van der Waals surface area contributed by atoms with Crippen LogP contribution in [0, 0.1) is 47.3 Å². The molecule has 0 unspecified atom stereocenters. The van der Waals surface area contributed by atoms with E-state index in [0.29, 0.717) is 23.7 Å². The summed E-state index contributed by atoms with van der Waals surface area (Å²) in [6, 6.07) is 0. The van der Waals surface area contributed by atoms with E-state index >= 15 is 0 Å². The second kappa shape index (κ2) is 1.43. The minimum atomic E-state index is -0.311. The van der Waals surface area contributed by atoms with Crippen molar-refractivity contribution in [1.82, 2.24) is 0 Å². The van der Waals surface area contributed by atoms with Gasteiger partial charge in [-0.1, -0.05) is 23.2 Å². The van der Waals surface area contributed by atoms with Crippen molar-refractivity contribution in [2.75, 3.05) is 0 Å². The Labute approximate surface area is 92.1 Å². The first-order chi connectivity index (χ1) is 6.68. The van der Waals surface area contributed by atoms with Crippen molar-refractivity contribution >= 4 is 23.2 Å². The lowest BCUT2D eigenvalue weighted by Crippen LogP contribution is -2.48. The quantitative estimate of drug-likeness (QED) is 0.579. The molecule has 0 aromatic carbocycles. The average molecular weight is 229 g/mol. The van der Waals surface area contributed by atoms with Gasteiger partial charge in [-0.3, -0.25) is 0 Å². The van der Waals surface area contributed by atoms with Crippen LogP contribution in [0.15, 0.2) is 0 Å². The van der Waals surface area contributed by atoms with E-state index in [1.54, 1.807) is 0 Å². The van der Waals surface area contributed by atoms with E-state index < -0.39 is 0 Å². The molecule has 0 spiro atoms. The Morgan fingerprint density at radius 2 is 1.36 bits per heavy atom. The Bertz CT molecular complexity index is 372. The van der Waals surface area contributed by atoms with Gasteiger partial charge in [0.15, 0.2) is 10.1 Å². The molecule has 5 aliphatic carbocycles. The third-order valence-electron chi connectivity index (χ3n) is 6.63. The molecule has 2 heterocycles. The molecule has 2 aliphatic heterocycles. The lowest BCUT2D eigenvalue weighted by atomic mass is 9.60. The van der Waals surface area contributed by atoms with E-state index in [9.17, 15) is 0 Å². The Kier molecular flexibility index (Phi) is 0.715. The third-order valence-corrected chi connectivity index (χ3v) is 7.80. The predicted octanol–water partition coefficient (Wildman–Crippen LogP) is 2.27. The number of alkyl halides is 2. The zero-order valence-corrected chi connectivity index (χ0v) is 9.00. The molecule has 7 aliphatic rings. The summed E-state index contributed by atoms with van der Waals surface area (Å²) < 4.78 is 6.07. The van der Waals surface area contributed by atoms with Crippen LogP contribution in [0.5, 0.6) is 0 Å². The Morgan fingerprint density at radius 3 is 1.86 bits per heavy atom. The number of hydrogen-bond donors (Lipinski definition) is 0. The SMILES string of the molecule is Cl[C@]12O[C@]3(Cl)[C@@H]4[C@@H]5C[C@H]([C@H]6[C@H]5[C@H]3[C@@H]61)[C@H]42. The molecule has 0 amide bonds. The summed E-state index contributed by atoms with van der Waals surface area (Å²) in [5.41, 5.74) is 0. The fourth-order valence-electron chi connectivity index (χ4n) is 6.89. The van der Waals surface area contributed by atoms with Crippen molar-refractivity contribution in [1.29, 1.82) is 0 Å². The number of hydrogen-bond acceptors (Lipinski definition) is 1. The summed E-state index contributed by atoms with van der Waals surface area (Å²) in [7, 11) is 0. The molecule has 4 bridgehead atoms. The van der Waals surface area contributed by atoms with Gasteiger partial charge in [0.1, 0.15) is 0 Å². The zero-order chi connectivity index (χ0) is 9.03. The highest BCUT2D eigenvalue weighted by Crippen LogP contribution is 2.94. The largest absolute Gasteiger partial charge is 0.337 e. The molecular formula is C11H10Cl2O. The summed E-state index contributed by atoms with van der Waals surface area (Å²) in [5.74, 6) is 6.09. The lowest BCUT2D eigenvalue weighted by Gasteiger charge is -2.45. The predicted molar refractivity (Wildman–Crippen MR) is 50.8 cm³/mol. The Hall–Kier alpha value is 0.540. The summed E-state index contributed by atoms with van der Waals surface area (Å²) in [6.45, 7) is 0. The van der Waals surface area contributed by atoms with Crippen LogP contribution in [0.3, 0.4) is 0 Å². The Morgan fingerprint density at radius 1 is 0.857 bits per heavy atom. The topological polar surface area (TPSA) is 9.23 Å². The van der Waals surface area contributed by atoms with Gasteiger partial charge in [0.05, 0.1) is 0 Å². The van der Waals surface area contributed by atoms with Crippen molar-refractivity contribution < 1.29 is 4.74 Å². The molecular weight excluding hydrogens is 219 g/mol. The molecule has 0 N–H and O–H groups in total. The van der Waals surface area contributed by atoms with Gasteiger partial charge in [-0.05, 0) is 30.1 Å². The van der Waals surface area contributed by atoms with E-state index in [0.717, 1.165) is 23.7 Å². The first-order valence-electron chi connectivity index (χ1n) is 5.76. The fraction of sp³-hybridized carbons (Fsp3) is 1.00. The maximum Gasteiger partial charge on any atom is 0.151 e. The van der Waals surface area contributed by atoms with E-state index in [4.69, 9.17) is 27.9 Å². The molecule has 74 valence electrons. The van der Waals surface area contributed by atoms with E-state index in [1.165, 1.54) is 6.42 Å². The van der Waals surface area contributed by atoms with E-state index in [2.05, 4.69) is 0 Å². The zero-order valence-electron chi connectivity index (χ0n) is 7.49. The van der Waals surface area contributed by atoms with Crippen LogP contribution >= 0.6 is 23.2 Å². The lowest BCUT2D eigenvalue weighted by molar-refractivity contribution is 0.0237. The standard InChI is InChI=1S/C11H10Cl2O/c12-10-6-2-1-3-5-4(2)8(10)9(5)11(13,14-10)7(3)6/h2-9H,1H2/t2-,3-,4+,5+,6-,7-,8-,9+,10-,11-/m1/s1. The molecule has 2 saturated heterocycles. The number of halogens is 2. The highest BCUT2D eigenvalue weighted by atomic mass is 35.5. The van der Waals surface area contributed by atoms with Crippen molar-refractivity contribution in [3.63, 3.8) is 0 Å². The van der Waals surface area contributed by atoms with Gasteiger partial charge in [-0.15, -0.1) is 0 Å².